The molecule has 0 saturated carbocycles. The van der Waals surface area contributed by atoms with Crippen molar-refractivity contribution in [1.82, 2.24) is 5.32 Å². The quantitative estimate of drug-likeness (QED) is 0.139. The Hall–Kier alpha value is -1.08. The molecule has 1 amide bonds. The van der Waals surface area contributed by atoms with Gasteiger partial charge in [0.25, 0.3) is 0 Å². The molecule has 1 aromatic rings. The molecule has 1 rings (SSSR count). The minimum absolute atomic E-state index is 0.132. The summed E-state index contributed by atoms with van der Waals surface area (Å²) in [6.07, 6.45) is 1.55. The summed E-state index contributed by atoms with van der Waals surface area (Å²) in [4.78, 5) is 36.6. The number of hydrogen-bond donors (Lipinski definition) is 2. The SMILES string of the molecule is CCOC(=O)OC(C)OC(=O)[C@H](C)NC(=O)C(CSSC[C@@H](N)CCSC)Cc1ccsc1. The summed E-state index contributed by atoms with van der Waals surface area (Å²) < 4.78 is 14.5. The number of carbonyl (C=O) groups excluding carboxylic acids is 3. The lowest BCUT2D eigenvalue weighted by Crippen LogP contribution is -2.44. The highest BCUT2D eigenvalue weighted by Crippen LogP contribution is 2.27. The minimum atomic E-state index is -1.13. The van der Waals surface area contributed by atoms with E-state index in [4.69, 9.17) is 15.2 Å². The molecular formula is C21H34N2O6S4. The summed E-state index contributed by atoms with van der Waals surface area (Å²) in [5.41, 5.74) is 7.19. The highest BCUT2D eigenvalue weighted by atomic mass is 33.1. The maximum atomic E-state index is 12.9. The number of esters is 1. The van der Waals surface area contributed by atoms with Crippen molar-refractivity contribution in [3.05, 3.63) is 22.4 Å². The van der Waals surface area contributed by atoms with Crippen LogP contribution < -0.4 is 11.1 Å². The number of rotatable bonds is 16. The van der Waals surface area contributed by atoms with Gasteiger partial charge in [0.2, 0.25) is 12.2 Å². The van der Waals surface area contributed by atoms with E-state index in [-0.39, 0.29) is 24.5 Å². The Morgan fingerprint density at radius 1 is 1.18 bits per heavy atom. The van der Waals surface area contributed by atoms with E-state index in [0.717, 1.165) is 23.5 Å². The second-order valence-corrected chi connectivity index (χ2v) is 11.5. The van der Waals surface area contributed by atoms with Crippen molar-refractivity contribution in [3.63, 3.8) is 0 Å². The first-order valence-corrected chi connectivity index (χ1v) is 15.4. The molecule has 0 spiro atoms. The standard InChI is InChI=1S/C21H34N2O6S4/c1-5-27-21(26)29-15(3)28-20(25)14(2)23-19(24)17(10-16-6-9-31-11-16)12-32-33-13-18(22)7-8-30-4/h6,9,11,14-15,17-18H,5,7-8,10,12-13,22H2,1-4H3,(H,23,24)/t14-,15?,17?,18-/m0/s1. The van der Waals surface area contributed by atoms with Crippen molar-refractivity contribution >= 4 is 62.7 Å². The average molecular weight is 539 g/mol. The van der Waals surface area contributed by atoms with E-state index >= 15 is 0 Å². The molecule has 0 aliphatic rings. The number of nitrogens with one attached hydrogen (secondary N) is 1. The van der Waals surface area contributed by atoms with Crippen LogP contribution >= 0.6 is 44.7 Å². The highest BCUT2D eigenvalue weighted by molar-refractivity contribution is 8.76. The zero-order valence-corrected chi connectivity index (χ0v) is 22.7. The summed E-state index contributed by atoms with van der Waals surface area (Å²) >= 11 is 3.36. The molecule has 1 heterocycles. The van der Waals surface area contributed by atoms with Gasteiger partial charge in [-0.1, -0.05) is 21.6 Å². The Bertz CT molecular complexity index is 707. The Labute approximate surface area is 212 Å². The number of carbonyl (C=O) groups is 3. The second kappa shape index (κ2) is 17.4. The molecule has 1 aromatic heterocycles. The summed E-state index contributed by atoms with van der Waals surface area (Å²) in [6, 6.07) is 1.23. The summed E-state index contributed by atoms with van der Waals surface area (Å²) in [7, 11) is 3.28. The molecule has 0 fully saturated rings. The number of amides is 1. The fourth-order valence-electron chi connectivity index (χ4n) is 2.51. The third-order valence-electron chi connectivity index (χ3n) is 4.28. The largest absolute Gasteiger partial charge is 0.511 e. The van der Waals surface area contributed by atoms with Crippen molar-refractivity contribution in [3.8, 4) is 0 Å². The molecule has 8 nitrogen and oxygen atoms in total. The van der Waals surface area contributed by atoms with Crippen molar-refractivity contribution in [2.75, 3.05) is 30.1 Å². The van der Waals surface area contributed by atoms with E-state index in [1.165, 1.54) is 13.8 Å². The molecule has 3 N–H and O–H groups in total. The molecular weight excluding hydrogens is 505 g/mol. The fourth-order valence-corrected chi connectivity index (χ4v) is 6.29. The van der Waals surface area contributed by atoms with Gasteiger partial charge < -0.3 is 25.3 Å². The molecule has 188 valence electrons. The Kier molecular flexibility index (Phi) is 15.8. The van der Waals surface area contributed by atoms with Crippen LogP contribution in [0, 0.1) is 5.92 Å². The normalized spacial score (nSPS) is 14.6. The van der Waals surface area contributed by atoms with Gasteiger partial charge in [0.15, 0.2) is 0 Å². The molecule has 0 aromatic carbocycles. The smallest absolute Gasteiger partial charge is 0.435 e. The highest BCUT2D eigenvalue weighted by Gasteiger charge is 2.26. The van der Waals surface area contributed by atoms with Crippen molar-refractivity contribution in [2.24, 2.45) is 11.7 Å². The Morgan fingerprint density at radius 2 is 1.91 bits per heavy atom. The Morgan fingerprint density at radius 3 is 2.55 bits per heavy atom. The van der Waals surface area contributed by atoms with E-state index in [1.807, 2.05) is 16.8 Å². The molecule has 0 saturated heterocycles. The minimum Gasteiger partial charge on any atom is -0.435 e. The second-order valence-electron chi connectivity index (χ2n) is 7.18. The van der Waals surface area contributed by atoms with Crippen LogP contribution in [0.15, 0.2) is 16.8 Å². The van der Waals surface area contributed by atoms with Gasteiger partial charge >= 0.3 is 12.1 Å². The maximum Gasteiger partial charge on any atom is 0.511 e. The van der Waals surface area contributed by atoms with Gasteiger partial charge in [-0.3, -0.25) is 4.79 Å². The van der Waals surface area contributed by atoms with Crippen LogP contribution in [0.5, 0.6) is 0 Å². The van der Waals surface area contributed by atoms with Gasteiger partial charge in [0.05, 0.1) is 12.5 Å². The number of hydrogen-bond acceptors (Lipinski definition) is 11. The fraction of sp³-hybridized carbons (Fsp3) is 0.667. The summed E-state index contributed by atoms with van der Waals surface area (Å²) in [6.45, 7) is 4.72. The van der Waals surface area contributed by atoms with Crippen LogP contribution in [0.4, 0.5) is 4.79 Å². The predicted molar refractivity (Wildman–Crippen MR) is 139 cm³/mol. The van der Waals surface area contributed by atoms with Crippen molar-refractivity contribution < 1.29 is 28.6 Å². The third-order valence-corrected chi connectivity index (χ3v) is 8.24. The van der Waals surface area contributed by atoms with E-state index < -0.39 is 24.5 Å². The first-order valence-electron chi connectivity index (χ1n) is 10.6. The summed E-state index contributed by atoms with van der Waals surface area (Å²) in [5.74, 6) is 1.20. The van der Waals surface area contributed by atoms with Crippen LogP contribution in [0.2, 0.25) is 0 Å². The van der Waals surface area contributed by atoms with Crippen LogP contribution in [-0.2, 0) is 30.2 Å². The van der Waals surface area contributed by atoms with Gasteiger partial charge in [0, 0.05) is 24.5 Å². The Balaban J connectivity index is 2.56. The molecule has 33 heavy (non-hydrogen) atoms. The maximum absolute atomic E-state index is 12.9. The van der Waals surface area contributed by atoms with Gasteiger partial charge in [0.1, 0.15) is 6.04 Å². The zero-order chi connectivity index (χ0) is 24.6. The number of ether oxygens (including phenoxy) is 3. The molecule has 2 unspecified atom stereocenters. The van der Waals surface area contributed by atoms with Crippen LogP contribution in [-0.4, -0.2) is 66.5 Å². The van der Waals surface area contributed by atoms with Crippen molar-refractivity contribution in [2.45, 2.75) is 52.0 Å². The van der Waals surface area contributed by atoms with Gasteiger partial charge in [-0.05, 0) is 61.1 Å². The third kappa shape index (κ3) is 13.4. The average Bonchev–Trinajstić information content (AvgIpc) is 3.27. The van der Waals surface area contributed by atoms with Crippen LogP contribution in [0.1, 0.15) is 32.8 Å². The lowest BCUT2D eigenvalue weighted by molar-refractivity contribution is -0.170. The first-order chi connectivity index (χ1) is 15.8. The first kappa shape index (κ1) is 30.0. The van der Waals surface area contributed by atoms with Gasteiger partial charge in [-0.15, -0.1) is 0 Å². The van der Waals surface area contributed by atoms with Crippen LogP contribution in [0.25, 0.3) is 0 Å². The van der Waals surface area contributed by atoms with E-state index in [0.29, 0.717) is 12.2 Å². The van der Waals surface area contributed by atoms with E-state index in [9.17, 15) is 14.4 Å². The predicted octanol–water partition coefficient (Wildman–Crippen LogP) is 3.94. The van der Waals surface area contributed by atoms with Gasteiger partial charge in [-0.2, -0.15) is 23.1 Å². The molecule has 0 aliphatic carbocycles. The number of thiophene rings is 1. The monoisotopic (exact) mass is 538 g/mol. The van der Waals surface area contributed by atoms with Gasteiger partial charge in [-0.25, -0.2) is 9.59 Å². The zero-order valence-electron chi connectivity index (χ0n) is 19.4. The lowest BCUT2D eigenvalue weighted by Gasteiger charge is -2.21. The topological polar surface area (TPSA) is 117 Å². The molecule has 0 radical (unpaired) electrons. The molecule has 12 heteroatoms. The summed E-state index contributed by atoms with van der Waals surface area (Å²) in [5, 5.41) is 6.71. The molecule has 4 atom stereocenters. The van der Waals surface area contributed by atoms with E-state index in [1.54, 1.807) is 51.6 Å². The van der Waals surface area contributed by atoms with Crippen molar-refractivity contribution in [1.29, 1.82) is 0 Å². The number of thioether (sulfide) groups is 1. The number of nitrogens with two attached hydrogens (primary N) is 1. The molecule has 0 bridgehead atoms. The lowest BCUT2D eigenvalue weighted by atomic mass is 10.0. The van der Waals surface area contributed by atoms with E-state index in [2.05, 4.69) is 16.3 Å². The molecule has 0 aliphatic heterocycles. The van der Waals surface area contributed by atoms with Crippen LogP contribution in [0.3, 0.4) is 0 Å².